The maximum atomic E-state index is 14.1. The lowest BCUT2D eigenvalue weighted by Gasteiger charge is -2.37. The highest BCUT2D eigenvalue weighted by Crippen LogP contribution is 2.41. The molecule has 8 rings (SSSR count). The fraction of sp³-hybridized carbons (Fsp3) is 0.319. The van der Waals surface area contributed by atoms with E-state index in [9.17, 15) is 19.5 Å². The van der Waals surface area contributed by atoms with Crippen molar-refractivity contribution in [2.24, 2.45) is 5.92 Å². The summed E-state index contributed by atoms with van der Waals surface area (Å²) in [6.07, 6.45) is 9.80. The molecule has 1 aliphatic carbocycles. The predicted octanol–water partition coefficient (Wildman–Crippen LogP) is 7.91. The largest absolute Gasteiger partial charge is 0.493 e. The van der Waals surface area contributed by atoms with Gasteiger partial charge < -0.3 is 29.5 Å². The van der Waals surface area contributed by atoms with Crippen molar-refractivity contribution in [2.45, 2.75) is 76.6 Å². The molecule has 2 amide bonds. The molecule has 292 valence electrons. The maximum Gasteiger partial charge on any atom is 0.326 e. The lowest BCUT2D eigenvalue weighted by Crippen LogP contribution is -2.56. The van der Waals surface area contributed by atoms with E-state index in [1.54, 1.807) is 36.7 Å². The Kier molecular flexibility index (Phi) is 11.2. The van der Waals surface area contributed by atoms with Crippen molar-refractivity contribution in [3.05, 3.63) is 143 Å². The molecule has 2 N–H and O–H groups in total. The van der Waals surface area contributed by atoms with E-state index in [1.807, 2.05) is 79.7 Å². The van der Waals surface area contributed by atoms with E-state index in [0.29, 0.717) is 29.6 Å². The predicted molar refractivity (Wildman–Crippen MR) is 215 cm³/mol. The summed E-state index contributed by atoms with van der Waals surface area (Å²) in [5, 5.41) is 13.0. The number of aryl methyl sites for hydroxylation is 1. The molecule has 10 heteroatoms. The van der Waals surface area contributed by atoms with E-state index in [4.69, 9.17) is 14.2 Å². The van der Waals surface area contributed by atoms with Crippen LogP contribution in [-0.2, 0) is 29.0 Å². The van der Waals surface area contributed by atoms with Crippen LogP contribution in [0.5, 0.6) is 17.2 Å². The fourth-order valence-corrected chi connectivity index (χ4v) is 8.18. The molecule has 4 aromatic carbocycles. The highest BCUT2D eigenvalue weighted by Gasteiger charge is 2.38. The van der Waals surface area contributed by atoms with Crippen LogP contribution < -0.4 is 19.5 Å². The van der Waals surface area contributed by atoms with Crippen LogP contribution >= 0.6 is 0 Å². The van der Waals surface area contributed by atoms with Crippen molar-refractivity contribution < 1.29 is 33.7 Å². The van der Waals surface area contributed by atoms with Crippen molar-refractivity contribution in [2.75, 3.05) is 13.2 Å². The quantitative estimate of drug-likeness (QED) is 0.139. The number of aromatic nitrogens is 1. The number of carboxylic acid groups (broad SMARTS) is 1. The summed E-state index contributed by atoms with van der Waals surface area (Å²) in [5.74, 6) is 0.569. The number of nitrogens with one attached hydrogen (secondary N) is 1. The van der Waals surface area contributed by atoms with Gasteiger partial charge in [-0.1, -0.05) is 73.9 Å². The minimum absolute atomic E-state index is 0.0721. The normalized spacial score (nSPS) is 18.2. The summed E-state index contributed by atoms with van der Waals surface area (Å²) < 4.78 is 18.8. The third-order valence-electron chi connectivity index (χ3n) is 11.4. The lowest BCUT2D eigenvalue weighted by molar-refractivity contribution is -0.142. The maximum absolute atomic E-state index is 14.1. The Balaban J connectivity index is 0.982. The van der Waals surface area contributed by atoms with Crippen LogP contribution in [0.15, 0.2) is 109 Å². The lowest BCUT2D eigenvalue weighted by atomic mass is 9.90. The number of rotatable bonds is 11. The van der Waals surface area contributed by atoms with E-state index >= 15 is 0 Å². The molecule has 3 aliphatic rings. The van der Waals surface area contributed by atoms with Gasteiger partial charge in [0.25, 0.3) is 5.91 Å². The number of benzene rings is 4. The van der Waals surface area contributed by atoms with Crippen LogP contribution in [0.2, 0.25) is 0 Å². The number of nitrogens with zero attached hydrogens (tertiary/aromatic N) is 2. The van der Waals surface area contributed by atoms with Gasteiger partial charge in [-0.15, -0.1) is 0 Å². The number of hydrogen-bond donors (Lipinski definition) is 2. The van der Waals surface area contributed by atoms with Crippen molar-refractivity contribution >= 4 is 17.8 Å². The molecule has 0 saturated heterocycles. The molecule has 5 aromatic rings. The average molecular weight is 766 g/mol. The first-order chi connectivity index (χ1) is 27.8. The van der Waals surface area contributed by atoms with Crippen LogP contribution in [0, 0.1) is 12.8 Å². The van der Waals surface area contributed by atoms with Gasteiger partial charge in [-0.05, 0) is 107 Å². The number of carbonyl (C=O) groups is 3. The Morgan fingerprint density at radius 1 is 0.912 bits per heavy atom. The zero-order valence-electron chi connectivity index (χ0n) is 32.1. The molecule has 1 saturated carbocycles. The van der Waals surface area contributed by atoms with Crippen LogP contribution in [-0.4, -0.2) is 58.1 Å². The van der Waals surface area contributed by atoms with E-state index in [0.717, 1.165) is 51.3 Å². The molecule has 1 aromatic heterocycles. The third kappa shape index (κ3) is 8.65. The van der Waals surface area contributed by atoms with E-state index in [1.165, 1.54) is 37.0 Å². The topological polar surface area (TPSA) is 127 Å². The molecule has 0 spiro atoms. The van der Waals surface area contributed by atoms with Gasteiger partial charge in [0, 0.05) is 37.3 Å². The summed E-state index contributed by atoms with van der Waals surface area (Å²) in [5.41, 5.74) is 6.88. The molecule has 3 heterocycles. The van der Waals surface area contributed by atoms with Crippen LogP contribution in [0.4, 0.5) is 0 Å². The molecule has 2 aliphatic heterocycles. The van der Waals surface area contributed by atoms with Crippen LogP contribution in [0.1, 0.15) is 76.4 Å². The summed E-state index contributed by atoms with van der Waals surface area (Å²) in [6.45, 7) is 3.17. The molecule has 0 bridgehead atoms. The standard InChI is InChI=1S/C47H47N3O7/c1-30-26-48-21-20-39(30)33-14-12-31(13-15-33)22-40(47(53)54)49-45(51)41-23-36-24-42-43(25-37(36)27-50(41)46(52)35-10-6-3-7-11-35)57-44(29-56-42)34-16-18-38(19-17-34)55-28-32-8-4-2-5-9-32/h3,6-7,10-21,24-26,32,40-41,44H,2,4-5,8-9,22-23,27-29H2,1H3,(H,49,51)(H,53,54)/t40-,41-,44+/m0/s1. The highest BCUT2D eigenvalue weighted by atomic mass is 16.6. The first kappa shape index (κ1) is 37.7. The van der Waals surface area contributed by atoms with Gasteiger partial charge >= 0.3 is 5.97 Å². The Morgan fingerprint density at radius 3 is 2.40 bits per heavy atom. The fourth-order valence-electron chi connectivity index (χ4n) is 8.18. The van der Waals surface area contributed by atoms with Crippen LogP contribution in [0.3, 0.4) is 0 Å². The van der Waals surface area contributed by atoms with Crippen molar-refractivity contribution in [3.63, 3.8) is 0 Å². The summed E-state index contributed by atoms with van der Waals surface area (Å²) >= 11 is 0. The second-order valence-electron chi connectivity index (χ2n) is 15.4. The molecule has 3 atom stereocenters. The molecule has 0 unspecified atom stereocenters. The smallest absolute Gasteiger partial charge is 0.326 e. The van der Waals surface area contributed by atoms with Gasteiger partial charge in [0.2, 0.25) is 5.91 Å². The number of aliphatic carboxylic acids is 1. The van der Waals surface area contributed by atoms with Crippen molar-refractivity contribution in [3.8, 4) is 28.4 Å². The molecule has 57 heavy (non-hydrogen) atoms. The Hall–Kier alpha value is -6.16. The first-order valence-corrected chi connectivity index (χ1v) is 19.9. The van der Waals surface area contributed by atoms with Gasteiger partial charge in [0.05, 0.1) is 6.61 Å². The molecular formula is C47H47N3O7. The minimum Gasteiger partial charge on any atom is -0.493 e. The second kappa shape index (κ2) is 16.9. The van der Waals surface area contributed by atoms with E-state index < -0.39 is 24.0 Å². The van der Waals surface area contributed by atoms with Crippen LogP contribution in [0.25, 0.3) is 11.1 Å². The number of ether oxygens (including phenoxy) is 3. The highest BCUT2D eigenvalue weighted by molar-refractivity contribution is 5.98. The molecular weight excluding hydrogens is 719 g/mol. The van der Waals surface area contributed by atoms with Gasteiger partial charge in [-0.3, -0.25) is 14.6 Å². The van der Waals surface area contributed by atoms with E-state index in [-0.39, 0.29) is 31.4 Å². The average Bonchev–Trinajstić information content (AvgIpc) is 3.25. The summed E-state index contributed by atoms with van der Waals surface area (Å²) in [7, 11) is 0. The number of pyridine rings is 1. The van der Waals surface area contributed by atoms with Gasteiger partial charge in [0.15, 0.2) is 17.6 Å². The van der Waals surface area contributed by atoms with Gasteiger partial charge in [-0.2, -0.15) is 0 Å². The minimum atomic E-state index is -1.21. The summed E-state index contributed by atoms with van der Waals surface area (Å²) in [6, 6.07) is 28.0. The van der Waals surface area contributed by atoms with Crippen molar-refractivity contribution in [1.29, 1.82) is 0 Å². The number of hydrogen-bond acceptors (Lipinski definition) is 7. The Morgan fingerprint density at radius 2 is 1.67 bits per heavy atom. The molecule has 1 fully saturated rings. The molecule has 10 nitrogen and oxygen atoms in total. The number of carboxylic acids is 1. The zero-order chi connectivity index (χ0) is 39.3. The van der Waals surface area contributed by atoms with Crippen molar-refractivity contribution in [1.82, 2.24) is 15.2 Å². The third-order valence-corrected chi connectivity index (χ3v) is 11.4. The summed E-state index contributed by atoms with van der Waals surface area (Å²) in [4.78, 5) is 46.4. The first-order valence-electron chi connectivity index (χ1n) is 19.9. The Labute approximate surface area is 332 Å². The van der Waals surface area contributed by atoms with Gasteiger partial charge in [-0.25, -0.2) is 4.79 Å². The SMILES string of the molecule is Cc1cnccc1-c1ccc(C[C@H](NC(=O)[C@@H]2Cc3cc4c(cc3CN2C(=O)c2ccccc2)O[C@@H](c2ccc(OCC3CCCCC3)cc2)CO4)C(=O)O)cc1. The number of amides is 2. The number of fused-ring (bicyclic) bond motifs is 2. The van der Waals surface area contributed by atoms with E-state index in [2.05, 4.69) is 10.3 Å². The monoisotopic (exact) mass is 765 g/mol. The number of carbonyl (C=O) groups excluding carboxylic acids is 2. The Bertz CT molecular complexity index is 2220. The molecule has 0 radical (unpaired) electrons. The zero-order valence-corrected chi connectivity index (χ0v) is 32.1. The second-order valence-corrected chi connectivity index (χ2v) is 15.4. The van der Waals surface area contributed by atoms with Gasteiger partial charge in [0.1, 0.15) is 24.4 Å².